The van der Waals surface area contributed by atoms with E-state index >= 15 is 0 Å². The molecule has 0 bridgehead atoms. The van der Waals surface area contributed by atoms with Gasteiger partial charge >= 0.3 is 0 Å². The summed E-state index contributed by atoms with van der Waals surface area (Å²) in [5.41, 5.74) is 1.38. The molecule has 0 unspecified atom stereocenters. The smallest absolute Gasteiger partial charge is 0.132 e. The monoisotopic (exact) mass is 280 g/mol. The van der Waals surface area contributed by atoms with E-state index in [9.17, 15) is 4.39 Å². The van der Waals surface area contributed by atoms with Gasteiger partial charge in [-0.1, -0.05) is 32.4 Å². The van der Waals surface area contributed by atoms with Crippen LogP contribution in [0.4, 0.5) is 10.2 Å². The van der Waals surface area contributed by atoms with Gasteiger partial charge in [0.25, 0.3) is 0 Å². The fourth-order valence-electron chi connectivity index (χ4n) is 2.07. The van der Waals surface area contributed by atoms with Crippen LogP contribution < -0.4 is 5.32 Å². The fourth-order valence-corrected chi connectivity index (χ4v) is 2.27. The van der Waals surface area contributed by atoms with Crippen molar-refractivity contribution in [2.24, 2.45) is 0 Å². The van der Waals surface area contributed by atoms with Gasteiger partial charge in [-0.25, -0.2) is 9.37 Å². The number of pyridine rings is 1. The number of rotatable bonds is 2. The predicted molar refractivity (Wildman–Crippen MR) is 79.6 cm³/mol. The van der Waals surface area contributed by atoms with Crippen molar-refractivity contribution < 1.29 is 4.39 Å². The van der Waals surface area contributed by atoms with Crippen molar-refractivity contribution in [3.63, 3.8) is 0 Å². The highest BCUT2D eigenvalue weighted by atomic mass is 35.5. The van der Waals surface area contributed by atoms with Gasteiger partial charge in [-0.2, -0.15) is 0 Å². The van der Waals surface area contributed by atoms with E-state index < -0.39 is 0 Å². The number of fused-ring (bicyclic) bond motifs is 1. The number of nitrogens with zero attached hydrogens (tertiary/aromatic N) is 1. The lowest BCUT2D eigenvalue weighted by Crippen LogP contribution is -2.16. The van der Waals surface area contributed by atoms with E-state index in [2.05, 4.69) is 31.1 Å². The molecule has 1 aromatic carbocycles. The minimum absolute atomic E-state index is 0.118. The molecule has 4 heteroatoms. The van der Waals surface area contributed by atoms with Crippen LogP contribution in [-0.4, -0.2) is 11.5 Å². The number of hydrogen-bond acceptors (Lipinski definition) is 2. The molecule has 0 saturated heterocycles. The topological polar surface area (TPSA) is 24.9 Å². The van der Waals surface area contributed by atoms with E-state index in [-0.39, 0.29) is 11.2 Å². The van der Waals surface area contributed by atoms with E-state index in [4.69, 9.17) is 11.6 Å². The second-order valence-electron chi connectivity index (χ2n) is 5.59. The minimum atomic E-state index is -0.291. The van der Waals surface area contributed by atoms with Crippen molar-refractivity contribution >= 4 is 28.3 Å². The molecule has 2 nitrogen and oxygen atoms in total. The van der Waals surface area contributed by atoms with Crippen molar-refractivity contribution in [1.29, 1.82) is 0 Å². The second kappa shape index (κ2) is 4.97. The maximum absolute atomic E-state index is 13.9. The first kappa shape index (κ1) is 14.1. The summed E-state index contributed by atoms with van der Waals surface area (Å²) in [7, 11) is 0. The SMILES string of the molecule is CCNc1nc2c(Cl)ccc(F)c2cc1C(C)(C)C. The van der Waals surface area contributed by atoms with Crippen LogP contribution in [0.15, 0.2) is 18.2 Å². The van der Waals surface area contributed by atoms with Crippen LogP contribution in [0.5, 0.6) is 0 Å². The van der Waals surface area contributed by atoms with Crippen molar-refractivity contribution in [2.45, 2.75) is 33.1 Å². The average Bonchev–Trinajstić information content (AvgIpc) is 2.33. The Morgan fingerprint density at radius 2 is 2.00 bits per heavy atom. The molecule has 2 aromatic rings. The van der Waals surface area contributed by atoms with E-state index in [1.165, 1.54) is 6.07 Å². The van der Waals surface area contributed by atoms with Crippen LogP contribution in [0.2, 0.25) is 5.02 Å². The summed E-state index contributed by atoms with van der Waals surface area (Å²) in [5.74, 6) is 0.482. The lowest BCUT2D eigenvalue weighted by molar-refractivity contribution is 0.589. The van der Waals surface area contributed by atoms with Gasteiger partial charge in [-0.3, -0.25) is 0 Å². The molecular weight excluding hydrogens is 263 g/mol. The molecule has 1 aromatic heterocycles. The molecule has 0 spiro atoms. The third-order valence-electron chi connectivity index (χ3n) is 3.03. The number of halogens is 2. The molecule has 0 aliphatic carbocycles. The van der Waals surface area contributed by atoms with E-state index in [1.807, 2.05) is 13.0 Å². The summed E-state index contributed by atoms with van der Waals surface area (Å²) in [5, 5.41) is 4.17. The Kier molecular flexibility index (Phi) is 3.68. The van der Waals surface area contributed by atoms with Gasteiger partial charge in [0.15, 0.2) is 0 Å². The second-order valence-corrected chi connectivity index (χ2v) is 6.00. The summed E-state index contributed by atoms with van der Waals surface area (Å²) in [6.45, 7) is 9.01. The van der Waals surface area contributed by atoms with Gasteiger partial charge < -0.3 is 5.32 Å². The minimum Gasteiger partial charge on any atom is -0.370 e. The van der Waals surface area contributed by atoms with Gasteiger partial charge in [-0.05, 0) is 30.5 Å². The lowest BCUT2D eigenvalue weighted by Gasteiger charge is -2.23. The first-order valence-electron chi connectivity index (χ1n) is 6.37. The van der Waals surface area contributed by atoms with E-state index in [0.717, 1.165) is 17.9 Å². The van der Waals surface area contributed by atoms with Crippen molar-refractivity contribution in [1.82, 2.24) is 4.98 Å². The third-order valence-corrected chi connectivity index (χ3v) is 3.34. The predicted octanol–water partition coefficient (Wildman–Crippen LogP) is 4.76. The number of benzene rings is 1. The zero-order chi connectivity index (χ0) is 14.2. The summed E-state index contributed by atoms with van der Waals surface area (Å²) in [4.78, 5) is 4.51. The Morgan fingerprint density at radius 3 is 2.58 bits per heavy atom. The molecule has 19 heavy (non-hydrogen) atoms. The molecule has 1 N–H and O–H groups in total. The molecule has 2 rings (SSSR count). The highest BCUT2D eigenvalue weighted by Gasteiger charge is 2.21. The summed E-state index contributed by atoms with van der Waals surface area (Å²) < 4.78 is 13.9. The molecule has 0 aliphatic rings. The van der Waals surface area contributed by atoms with Crippen LogP contribution in [0.25, 0.3) is 10.9 Å². The molecular formula is C15H18ClFN2. The van der Waals surface area contributed by atoms with Gasteiger partial charge in [0.05, 0.1) is 10.5 Å². The van der Waals surface area contributed by atoms with Crippen LogP contribution in [0, 0.1) is 5.82 Å². The standard InChI is InChI=1S/C15H18ClFN2/c1-5-18-14-10(15(2,3)4)8-9-12(17)7-6-11(16)13(9)19-14/h6-8H,5H2,1-4H3,(H,18,19). The number of anilines is 1. The summed E-state index contributed by atoms with van der Waals surface area (Å²) in [6, 6.07) is 4.77. The highest BCUT2D eigenvalue weighted by molar-refractivity contribution is 6.35. The molecule has 0 fully saturated rings. The lowest BCUT2D eigenvalue weighted by atomic mass is 9.86. The van der Waals surface area contributed by atoms with Crippen LogP contribution in [0.1, 0.15) is 33.3 Å². The number of aromatic nitrogens is 1. The van der Waals surface area contributed by atoms with Gasteiger partial charge in [0.2, 0.25) is 0 Å². The van der Waals surface area contributed by atoms with E-state index in [0.29, 0.717) is 15.9 Å². The molecule has 0 amide bonds. The Balaban J connectivity index is 2.80. The Hall–Kier alpha value is -1.35. The third kappa shape index (κ3) is 2.66. The number of nitrogens with one attached hydrogen (secondary N) is 1. The van der Waals surface area contributed by atoms with Crippen molar-refractivity contribution in [3.8, 4) is 0 Å². The molecule has 0 radical (unpaired) electrons. The average molecular weight is 281 g/mol. The maximum Gasteiger partial charge on any atom is 0.132 e. The zero-order valence-electron chi connectivity index (χ0n) is 11.6. The van der Waals surface area contributed by atoms with Crippen molar-refractivity contribution in [3.05, 3.63) is 34.6 Å². The summed E-state index contributed by atoms with van der Waals surface area (Å²) >= 11 is 6.11. The maximum atomic E-state index is 13.9. The Labute approximate surface area is 118 Å². The molecule has 1 heterocycles. The first-order chi connectivity index (χ1) is 8.84. The normalized spacial score (nSPS) is 11.9. The number of hydrogen-bond donors (Lipinski definition) is 1. The molecule has 0 saturated carbocycles. The quantitative estimate of drug-likeness (QED) is 0.858. The van der Waals surface area contributed by atoms with Crippen LogP contribution in [0.3, 0.4) is 0 Å². The fraction of sp³-hybridized carbons (Fsp3) is 0.400. The largest absolute Gasteiger partial charge is 0.370 e. The van der Waals surface area contributed by atoms with Crippen LogP contribution in [-0.2, 0) is 5.41 Å². The van der Waals surface area contributed by atoms with E-state index in [1.54, 1.807) is 6.07 Å². The molecule has 0 aliphatic heterocycles. The van der Waals surface area contributed by atoms with Gasteiger partial charge in [-0.15, -0.1) is 0 Å². The van der Waals surface area contributed by atoms with Crippen LogP contribution >= 0.6 is 11.6 Å². The van der Waals surface area contributed by atoms with Crippen molar-refractivity contribution in [2.75, 3.05) is 11.9 Å². The highest BCUT2D eigenvalue weighted by Crippen LogP contribution is 2.34. The summed E-state index contributed by atoms with van der Waals surface area (Å²) in [6.07, 6.45) is 0. The zero-order valence-corrected chi connectivity index (χ0v) is 12.4. The first-order valence-corrected chi connectivity index (χ1v) is 6.75. The molecule has 0 atom stereocenters. The Bertz CT molecular complexity index is 618. The van der Waals surface area contributed by atoms with Gasteiger partial charge in [0.1, 0.15) is 11.6 Å². The Morgan fingerprint density at radius 1 is 1.32 bits per heavy atom. The molecule has 102 valence electrons. The van der Waals surface area contributed by atoms with Gasteiger partial charge in [0, 0.05) is 17.5 Å².